The fourth-order valence-corrected chi connectivity index (χ4v) is 7.43. The van der Waals surface area contributed by atoms with Gasteiger partial charge in [-0.05, 0) is 171 Å². The van der Waals surface area contributed by atoms with Crippen molar-refractivity contribution in [2.45, 2.75) is 129 Å². The van der Waals surface area contributed by atoms with Crippen LogP contribution in [0.25, 0.3) is 0 Å². The third kappa shape index (κ3) is 20.0. The van der Waals surface area contributed by atoms with E-state index in [0.29, 0.717) is 26.1 Å². The number of hydrogen-bond donors (Lipinski definition) is 0. The quantitative estimate of drug-likeness (QED) is 0.0242. The number of ether oxygens (including phenoxy) is 4. The van der Waals surface area contributed by atoms with Gasteiger partial charge in [-0.2, -0.15) is 0 Å². The maximum absolute atomic E-state index is 12.9. The molecule has 5 aromatic rings. The molecule has 0 saturated heterocycles. The molecule has 0 heterocycles. The number of aryl methyl sites for hydroxylation is 2. The first kappa shape index (κ1) is 51.0. The minimum Gasteiger partial charge on any atom is -0.494 e. The second-order valence-electron chi connectivity index (χ2n) is 17.0. The lowest BCUT2D eigenvalue weighted by Crippen LogP contribution is -2.15. The SMILES string of the molecule is CCCCCCCc1ccc(N=Cc2ccc(OCCCCCOC(=O)c3ccccc3C(=O)OCCCCCOc3ccc(C=Nc4ccc(CCCCCCC)cc4)cc3)cc2)cc1. The molecule has 0 bridgehead atoms. The Kier molecular flexibility index (Phi) is 23.9. The monoisotopic (exact) mass is 893 g/mol. The Morgan fingerprint density at radius 2 is 0.773 bits per heavy atom. The molecule has 0 spiro atoms. The van der Waals surface area contributed by atoms with Gasteiger partial charge in [-0.1, -0.05) is 102 Å². The summed E-state index contributed by atoms with van der Waals surface area (Å²) in [6.07, 6.45) is 23.6. The highest BCUT2D eigenvalue weighted by atomic mass is 16.5. The summed E-state index contributed by atoms with van der Waals surface area (Å²) in [5.41, 5.74) is 7.08. The van der Waals surface area contributed by atoms with Crippen LogP contribution >= 0.6 is 0 Å². The van der Waals surface area contributed by atoms with Crippen molar-refractivity contribution in [1.82, 2.24) is 0 Å². The Morgan fingerprint density at radius 1 is 0.409 bits per heavy atom. The minimum absolute atomic E-state index is 0.212. The average Bonchev–Trinajstić information content (AvgIpc) is 3.35. The molecule has 66 heavy (non-hydrogen) atoms. The molecule has 0 aromatic heterocycles. The summed E-state index contributed by atoms with van der Waals surface area (Å²) in [5.74, 6) is 0.551. The summed E-state index contributed by atoms with van der Waals surface area (Å²) in [6.45, 7) is 6.14. The zero-order valence-corrected chi connectivity index (χ0v) is 39.6. The van der Waals surface area contributed by atoms with Crippen LogP contribution in [-0.2, 0) is 22.3 Å². The molecule has 0 saturated carbocycles. The van der Waals surface area contributed by atoms with Crippen LogP contribution in [0.4, 0.5) is 11.4 Å². The zero-order chi connectivity index (χ0) is 46.3. The number of benzene rings is 5. The van der Waals surface area contributed by atoms with Crippen molar-refractivity contribution in [2.24, 2.45) is 9.98 Å². The fraction of sp³-hybridized carbons (Fsp3) is 0.414. The molecule has 8 heteroatoms. The number of esters is 2. The standard InChI is InChI=1S/C58H72N2O6/c1-3-5-7-9-13-21-47-25-33-51(34-26-47)59-45-49-29-37-53(38-30-49)63-41-17-11-19-43-65-57(61)55-23-15-16-24-56(55)58(62)66-44-20-12-18-42-64-54-39-31-50(32-40-54)46-60-52-35-27-48(28-36-52)22-14-10-8-6-4-2/h15-16,23-40,45-46H,3-14,17-22,41-44H2,1-2H3. The molecule has 0 radical (unpaired) electrons. The molecular weight excluding hydrogens is 821 g/mol. The van der Waals surface area contributed by atoms with E-state index in [1.165, 1.54) is 75.3 Å². The largest absolute Gasteiger partial charge is 0.494 e. The smallest absolute Gasteiger partial charge is 0.339 e. The third-order valence-electron chi connectivity index (χ3n) is 11.4. The van der Waals surface area contributed by atoms with E-state index in [0.717, 1.165) is 72.5 Å². The first-order valence-electron chi connectivity index (χ1n) is 24.7. The van der Waals surface area contributed by atoms with E-state index in [4.69, 9.17) is 18.9 Å². The van der Waals surface area contributed by atoms with Gasteiger partial charge in [-0.25, -0.2) is 9.59 Å². The van der Waals surface area contributed by atoms with E-state index >= 15 is 0 Å². The van der Waals surface area contributed by atoms with E-state index < -0.39 is 11.9 Å². The highest BCUT2D eigenvalue weighted by Gasteiger charge is 2.19. The summed E-state index contributed by atoms with van der Waals surface area (Å²) < 4.78 is 22.9. The van der Waals surface area contributed by atoms with E-state index in [1.807, 2.05) is 61.0 Å². The molecule has 5 rings (SSSR count). The van der Waals surface area contributed by atoms with Gasteiger partial charge in [0.25, 0.3) is 0 Å². The van der Waals surface area contributed by atoms with Gasteiger partial charge in [0.15, 0.2) is 0 Å². The average molecular weight is 893 g/mol. The van der Waals surface area contributed by atoms with Gasteiger partial charge >= 0.3 is 11.9 Å². The third-order valence-corrected chi connectivity index (χ3v) is 11.4. The number of nitrogens with zero attached hydrogens (tertiary/aromatic N) is 2. The van der Waals surface area contributed by atoms with Crippen molar-refractivity contribution in [1.29, 1.82) is 0 Å². The molecule has 0 unspecified atom stereocenters. The van der Waals surface area contributed by atoms with Crippen molar-refractivity contribution >= 4 is 35.7 Å². The van der Waals surface area contributed by atoms with Crippen molar-refractivity contribution in [3.63, 3.8) is 0 Å². The zero-order valence-electron chi connectivity index (χ0n) is 39.6. The fourth-order valence-electron chi connectivity index (χ4n) is 7.43. The maximum atomic E-state index is 12.9. The van der Waals surface area contributed by atoms with Crippen molar-refractivity contribution in [3.8, 4) is 11.5 Å². The molecular formula is C58H72N2O6. The number of hydrogen-bond acceptors (Lipinski definition) is 8. The number of carbonyl (C=O) groups is 2. The molecule has 0 fully saturated rings. The summed E-state index contributed by atoms with van der Waals surface area (Å²) in [6, 6.07) is 39.6. The number of unbranched alkanes of at least 4 members (excludes halogenated alkanes) is 12. The molecule has 5 aromatic carbocycles. The minimum atomic E-state index is -0.529. The van der Waals surface area contributed by atoms with E-state index in [2.05, 4.69) is 72.4 Å². The summed E-state index contributed by atoms with van der Waals surface area (Å²) in [7, 11) is 0. The first-order chi connectivity index (χ1) is 32.5. The lowest BCUT2D eigenvalue weighted by Gasteiger charge is -2.10. The van der Waals surface area contributed by atoms with E-state index in [-0.39, 0.29) is 24.3 Å². The highest BCUT2D eigenvalue weighted by Crippen LogP contribution is 2.20. The second-order valence-corrected chi connectivity index (χ2v) is 17.0. The van der Waals surface area contributed by atoms with E-state index in [9.17, 15) is 9.59 Å². The molecule has 0 amide bonds. The second kappa shape index (κ2) is 31.0. The summed E-state index contributed by atoms with van der Waals surface area (Å²) >= 11 is 0. The van der Waals surface area contributed by atoms with Crippen LogP contribution in [-0.4, -0.2) is 50.8 Å². The highest BCUT2D eigenvalue weighted by molar-refractivity contribution is 6.03. The lowest BCUT2D eigenvalue weighted by molar-refractivity contribution is 0.0449. The van der Waals surface area contributed by atoms with Crippen LogP contribution in [0.1, 0.15) is 160 Å². The molecule has 8 nitrogen and oxygen atoms in total. The van der Waals surface area contributed by atoms with Crippen LogP contribution in [0.5, 0.6) is 11.5 Å². The predicted molar refractivity (Wildman–Crippen MR) is 271 cm³/mol. The Balaban J connectivity index is 0.885. The molecule has 0 N–H and O–H groups in total. The Bertz CT molecular complexity index is 2010. The Labute approximate surface area is 394 Å². The van der Waals surface area contributed by atoms with Crippen molar-refractivity contribution in [3.05, 3.63) is 155 Å². The van der Waals surface area contributed by atoms with Crippen molar-refractivity contribution < 1.29 is 28.5 Å². The Hall–Kier alpha value is -6.02. The van der Waals surface area contributed by atoms with Crippen molar-refractivity contribution in [2.75, 3.05) is 26.4 Å². The van der Waals surface area contributed by atoms with Crippen LogP contribution in [0.2, 0.25) is 0 Å². The first-order valence-corrected chi connectivity index (χ1v) is 24.7. The topological polar surface area (TPSA) is 95.8 Å². The maximum Gasteiger partial charge on any atom is 0.339 e. The van der Waals surface area contributed by atoms with E-state index in [1.54, 1.807) is 24.3 Å². The van der Waals surface area contributed by atoms with Crippen LogP contribution in [0, 0.1) is 0 Å². The number of rotatable bonds is 32. The van der Waals surface area contributed by atoms with Gasteiger partial charge in [0.2, 0.25) is 0 Å². The van der Waals surface area contributed by atoms with Crippen LogP contribution in [0.15, 0.2) is 131 Å². The van der Waals surface area contributed by atoms with Crippen LogP contribution in [0.3, 0.4) is 0 Å². The van der Waals surface area contributed by atoms with Gasteiger partial charge < -0.3 is 18.9 Å². The van der Waals surface area contributed by atoms with Gasteiger partial charge in [0, 0.05) is 12.4 Å². The predicted octanol–water partition coefficient (Wildman–Crippen LogP) is 15.0. The molecule has 350 valence electrons. The van der Waals surface area contributed by atoms with Gasteiger partial charge in [0.1, 0.15) is 11.5 Å². The van der Waals surface area contributed by atoms with Crippen LogP contribution < -0.4 is 9.47 Å². The molecule has 0 aliphatic rings. The van der Waals surface area contributed by atoms with Gasteiger partial charge in [-0.15, -0.1) is 0 Å². The summed E-state index contributed by atoms with van der Waals surface area (Å²) in [4.78, 5) is 35.1. The van der Waals surface area contributed by atoms with Gasteiger partial charge in [0.05, 0.1) is 48.9 Å². The lowest BCUT2D eigenvalue weighted by atomic mass is 10.1. The molecule has 0 aliphatic heterocycles. The Morgan fingerprint density at radius 3 is 1.17 bits per heavy atom. The summed E-state index contributed by atoms with van der Waals surface area (Å²) in [5, 5.41) is 0. The van der Waals surface area contributed by atoms with Gasteiger partial charge in [-0.3, -0.25) is 9.98 Å². The molecule has 0 aliphatic carbocycles. The molecule has 0 atom stereocenters. The number of aliphatic imine (C=N–C) groups is 2. The number of carbonyl (C=O) groups excluding carboxylic acids is 2. The normalized spacial score (nSPS) is 11.3.